The highest BCUT2D eigenvalue weighted by molar-refractivity contribution is 7.94. The van der Waals surface area contributed by atoms with Gasteiger partial charge in [0.25, 0.3) is 5.69 Å². The van der Waals surface area contributed by atoms with Gasteiger partial charge < -0.3 is 0 Å². The number of nitro benzene ring substituents is 1. The predicted molar refractivity (Wildman–Crippen MR) is 77.1 cm³/mol. The molecule has 2 rings (SSSR count). The number of nitrogens with one attached hydrogen (secondary N) is 1. The van der Waals surface area contributed by atoms with E-state index in [0.29, 0.717) is 0 Å². The van der Waals surface area contributed by atoms with Crippen molar-refractivity contribution >= 4 is 27.1 Å². The van der Waals surface area contributed by atoms with Gasteiger partial charge in [0.15, 0.2) is 14.9 Å². The zero-order valence-electron chi connectivity index (χ0n) is 11.3. The van der Waals surface area contributed by atoms with Gasteiger partial charge in [-0.3, -0.25) is 20.4 Å². The Morgan fingerprint density at radius 3 is 2.62 bits per heavy atom. The van der Waals surface area contributed by atoms with Crippen molar-refractivity contribution in [2.24, 2.45) is 0 Å². The molecule has 1 N–H and O–H groups in total. The summed E-state index contributed by atoms with van der Waals surface area (Å²) in [6, 6.07) is 3.80. The summed E-state index contributed by atoms with van der Waals surface area (Å²) in [7, 11) is -3.79. The topological polar surface area (TPSA) is 98.5 Å². The van der Waals surface area contributed by atoms with Crippen LogP contribution < -0.4 is 5.48 Å². The molecule has 0 amide bonds. The summed E-state index contributed by atoms with van der Waals surface area (Å²) in [5.41, 5.74) is 1.32. The van der Waals surface area contributed by atoms with Crippen molar-refractivity contribution < 1.29 is 18.2 Å². The fraction of sp³-hybridized carbons (Fsp3) is 0.333. The van der Waals surface area contributed by atoms with Crippen LogP contribution in [0.3, 0.4) is 0 Å². The highest BCUT2D eigenvalue weighted by Crippen LogP contribution is 2.28. The Hall–Kier alpha value is -1.64. The molecule has 1 heterocycles. The van der Waals surface area contributed by atoms with Gasteiger partial charge >= 0.3 is 0 Å². The van der Waals surface area contributed by atoms with Crippen LogP contribution in [0.1, 0.15) is 19.4 Å². The molecule has 0 aliphatic carbocycles. The fourth-order valence-corrected chi connectivity index (χ4v) is 3.46. The Morgan fingerprint density at radius 2 is 2.10 bits per heavy atom. The molecule has 0 saturated heterocycles. The zero-order chi connectivity index (χ0) is 15.8. The van der Waals surface area contributed by atoms with Crippen LogP contribution in [0.4, 0.5) is 5.69 Å². The third-order valence-corrected chi connectivity index (χ3v) is 4.61. The van der Waals surface area contributed by atoms with Gasteiger partial charge in [-0.15, -0.1) is 0 Å². The first-order valence-corrected chi connectivity index (χ1v) is 7.96. The minimum Gasteiger partial charge on any atom is -0.265 e. The molecule has 0 fully saturated rings. The molecule has 21 heavy (non-hydrogen) atoms. The average Bonchev–Trinajstić information content (AvgIpc) is 2.69. The molecule has 0 aromatic heterocycles. The van der Waals surface area contributed by atoms with Gasteiger partial charge in [0.1, 0.15) is 5.60 Å². The van der Waals surface area contributed by atoms with Crippen LogP contribution in [-0.2, 0) is 20.4 Å². The van der Waals surface area contributed by atoms with Gasteiger partial charge in [-0.05, 0) is 32.1 Å². The van der Waals surface area contributed by atoms with Crippen LogP contribution in [0, 0.1) is 10.1 Å². The Bertz CT molecular complexity index is 727. The molecule has 1 aromatic rings. The predicted octanol–water partition coefficient (Wildman–Crippen LogP) is 2.32. The van der Waals surface area contributed by atoms with E-state index in [4.69, 9.17) is 16.4 Å². The minimum atomic E-state index is -3.79. The quantitative estimate of drug-likeness (QED) is 0.671. The molecule has 1 aliphatic heterocycles. The van der Waals surface area contributed by atoms with Crippen molar-refractivity contribution in [1.29, 1.82) is 0 Å². The number of hydroxylamine groups is 1. The molecule has 1 aliphatic rings. The molecule has 9 heteroatoms. The van der Waals surface area contributed by atoms with Crippen LogP contribution in [0.25, 0.3) is 0 Å². The van der Waals surface area contributed by atoms with Crippen LogP contribution in [0.15, 0.2) is 29.3 Å². The number of benzene rings is 1. The number of rotatable bonds is 4. The third kappa shape index (κ3) is 3.52. The van der Waals surface area contributed by atoms with Gasteiger partial charge in [-0.25, -0.2) is 8.42 Å². The molecule has 0 unspecified atom stereocenters. The lowest BCUT2D eigenvalue weighted by Gasteiger charge is -2.11. The monoisotopic (exact) mass is 332 g/mol. The van der Waals surface area contributed by atoms with Crippen LogP contribution in [-0.4, -0.2) is 18.9 Å². The molecule has 0 spiro atoms. The normalized spacial score (nSPS) is 17.2. The lowest BCUT2D eigenvalue weighted by Crippen LogP contribution is -2.22. The standard InChI is InChI=1S/C12H13ClN2O5S/c1-12(2)6-11(14-20-12)21(18,19)7-8-5-9(13)3-4-10(8)15(16)17/h3-6,14H,7H2,1-2H3. The summed E-state index contributed by atoms with van der Waals surface area (Å²) in [5, 5.41) is 11.1. The number of hydrogen-bond acceptors (Lipinski definition) is 6. The van der Waals surface area contributed by atoms with E-state index in [1.54, 1.807) is 13.8 Å². The molecular weight excluding hydrogens is 320 g/mol. The van der Waals surface area contributed by atoms with Gasteiger partial charge in [0, 0.05) is 16.7 Å². The number of sulfone groups is 1. The lowest BCUT2D eigenvalue weighted by molar-refractivity contribution is -0.385. The first-order valence-electron chi connectivity index (χ1n) is 5.93. The van der Waals surface area contributed by atoms with Crippen LogP contribution >= 0.6 is 11.6 Å². The summed E-state index contributed by atoms with van der Waals surface area (Å²) in [4.78, 5) is 15.4. The Labute approximate surface area is 126 Å². The van der Waals surface area contributed by atoms with Crippen molar-refractivity contribution in [3.05, 3.63) is 50.0 Å². The van der Waals surface area contributed by atoms with Crippen molar-refractivity contribution in [3.63, 3.8) is 0 Å². The first-order chi connectivity index (χ1) is 9.61. The second-order valence-electron chi connectivity index (χ2n) is 5.11. The fourth-order valence-electron chi connectivity index (χ4n) is 1.84. The molecule has 0 saturated carbocycles. The molecule has 1 aromatic carbocycles. The van der Waals surface area contributed by atoms with E-state index in [0.717, 1.165) is 0 Å². The molecule has 0 radical (unpaired) electrons. The van der Waals surface area contributed by atoms with Gasteiger partial charge in [0.05, 0.1) is 10.7 Å². The van der Waals surface area contributed by atoms with Crippen LogP contribution in [0.2, 0.25) is 5.02 Å². The molecule has 0 atom stereocenters. The van der Waals surface area contributed by atoms with Crippen molar-refractivity contribution in [2.45, 2.75) is 25.2 Å². The van der Waals surface area contributed by atoms with Crippen molar-refractivity contribution in [3.8, 4) is 0 Å². The molecular formula is C12H13ClN2O5S. The summed E-state index contributed by atoms with van der Waals surface area (Å²) in [6.07, 6.45) is 1.42. The highest BCUT2D eigenvalue weighted by atomic mass is 35.5. The van der Waals surface area contributed by atoms with E-state index < -0.39 is 26.1 Å². The maximum atomic E-state index is 12.3. The summed E-state index contributed by atoms with van der Waals surface area (Å²) in [6.45, 7) is 3.37. The number of hydrogen-bond donors (Lipinski definition) is 1. The summed E-state index contributed by atoms with van der Waals surface area (Å²) < 4.78 is 24.6. The summed E-state index contributed by atoms with van der Waals surface area (Å²) in [5.74, 6) is -0.540. The van der Waals surface area contributed by atoms with Gasteiger partial charge in [-0.1, -0.05) is 11.6 Å². The van der Waals surface area contributed by atoms with E-state index in [-0.39, 0.29) is 21.3 Å². The van der Waals surface area contributed by atoms with E-state index in [2.05, 4.69) is 5.48 Å². The molecule has 0 bridgehead atoms. The van der Waals surface area contributed by atoms with Crippen molar-refractivity contribution in [2.75, 3.05) is 0 Å². The summed E-state index contributed by atoms with van der Waals surface area (Å²) >= 11 is 5.78. The van der Waals surface area contributed by atoms with Crippen LogP contribution in [0.5, 0.6) is 0 Å². The van der Waals surface area contributed by atoms with E-state index in [9.17, 15) is 18.5 Å². The largest absolute Gasteiger partial charge is 0.273 e. The Morgan fingerprint density at radius 1 is 1.43 bits per heavy atom. The third-order valence-electron chi connectivity index (χ3n) is 2.81. The number of nitrogens with zero attached hydrogens (tertiary/aromatic N) is 1. The molecule has 114 valence electrons. The van der Waals surface area contributed by atoms with E-state index in [1.165, 1.54) is 24.3 Å². The van der Waals surface area contributed by atoms with E-state index in [1.807, 2.05) is 0 Å². The second-order valence-corrected chi connectivity index (χ2v) is 7.50. The second kappa shape index (κ2) is 5.28. The molecule has 7 nitrogen and oxygen atoms in total. The van der Waals surface area contributed by atoms with Crippen molar-refractivity contribution in [1.82, 2.24) is 5.48 Å². The minimum absolute atomic E-state index is 0.0277. The zero-order valence-corrected chi connectivity index (χ0v) is 12.9. The van der Waals surface area contributed by atoms with Gasteiger partial charge in [-0.2, -0.15) is 0 Å². The Balaban J connectivity index is 2.38. The van der Waals surface area contributed by atoms with E-state index >= 15 is 0 Å². The lowest BCUT2D eigenvalue weighted by atomic mass is 10.1. The maximum absolute atomic E-state index is 12.3. The highest BCUT2D eigenvalue weighted by Gasteiger charge is 2.32. The number of halogens is 1. The average molecular weight is 333 g/mol. The SMILES string of the molecule is CC1(C)C=C(S(=O)(=O)Cc2cc(Cl)ccc2[N+](=O)[O-])NO1. The number of nitro groups is 1. The maximum Gasteiger partial charge on any atom is 0.273 e. The smallest absolute Gasteiger partial charge is 0.265 e. The van der Waals surface area contributed by atoms with Gasteiger partial charge in [0.2, 0.25) is 0 Å². The first kappa shape index (κ1) is 15.7. The Kier molecular flexibility index (Phi) is 3.96.